The molecule has 0 aromatic heterocycles. The van der Waals surface area contributed by atoms with Gasteiger partial charge in [0.15, 0.2) is 11.5 Å². The molecular weight excluding hydrogens is 313 g/mol. The van der Waals surface area contributed by atoms with Gasteiger partial charge in [-0.3, -0.25) is 9.32 Å². The van der Waals surface area contributed by atoms with E-state index in [0.29, 0.717) is 11.3 Å². The summed E-state index contributed by atoms with van der Waals surface area (Å²) in [4.78, 5) is 11.8. The summed E-state index contributed by atoms with van der Waals surface area (Å²) in [6, 6.07) is 5.14. The lowest BCUT2D eigenvalue weighted by Crippen LogP contribution is -2.37. The van der Waals surface area contributed by atoms with Gasteiger partial charge >= 0.3 is 13.7 Å². The molecule has 0 amide bonds. The molecular formula is C12H16N3O6P. The van der Waals surface area contributed by atoms with E-state index in [1.54, 1.807) is 18.2 Å². The van der Waals surface area contributed by atoms with Crippen molar-refractivity contribution in [3.63, 3.8) is 0 Å². The number of hydrogen-bond acceptors (Lipinski definition) is 5. The van der Waals surface area contributed by atoms with Crippen molar-refractivity contribution in [2.45, 2.75) is 6.61 Å². The van der Waals surface area contributed by atoms with E-state index in [9.17, 15) is 9.36 Å². The highest BCUT2D eigenvalue weighted by Gasteiger charge is 2.35. The average molecular weight is 329 g/mol. The molecule has 0 saturated carbocycles. The topological polar surface area (TPSA) is 124 Å². The van der Waals surface area contributed by atoms with Crippen LogP contribution in [0.1, 0.15) is 5.56 Å². The fourth-order valence-electron chi connectivity index (χ4n) is 1.77. The first-order valence-electron chi connectivity index (χ1n) is 6.23. The predicted molar refractivity (Wildman–Crippen MR) is 77.9 cm³/mol. The van der Waals surface area contributed by atoms with Crippen LogP contribution in [-0.2, 0) is 20.5 Å². The smallest absolute Gasteiger partial charge is 0.493 e. The van der Waals surface area contributed by atoms with Crippen molar-refractivity contribution in [2.75, 3.05) is 20.7 Å². The fraction of sp³-hybridized carbons (Fsp3) is 0.333. The van der Waals surface area contributed by atoms with E-state index < -0.39 is 20.3 Å². The van der Waals surface area contributed by atoms with Crippen molar-refractivity contribution in [1.29, 1.82) is 0 Å². The van der Waals surface area contributed by atoms with Gasteiger partial charge in [-0.2, -0.15) is 0 Å². The number of benzene rings is 1. The van der Waals surface area contributed by atoms with E-state index >= 15 is 0 Å². The number of fused-ring (bicyclic) bond motifs is 1. The quantitative estimate of drug-likeness (QED) is 0.477. The first-order valence-corrected chi connectivity index (χ1v) is 7.73. The number of nitrogens with two attached hydrogens (primary N) is 1. The number of rotatable bonds is 4. The number of methoxy groups -OCH3 is 1. The number of likely N-dealkylation sites (N-methyl/N-ethyl adjacent to an activating group) is 1. The summed E-state index contributed by atoms with van der Waals surface area (Å²) in [6.07, 6.45) is 0. The third kappa shape index (κ3) is 3.49. The molecule has 1 atom stereocenters. The number of hydrogen-bond donors (Lipinski definition) is 2. The van der Waals surface area contributed by atoms with Crippen molar-refractivity contribution in [3.8, 4) is 11.5 Å². The van der Waals surface area contributed by atoms with Crippen LogP contribution >= 0.6 is 7.75 Å². The van der Waals surface area contributed by atoms with Crippen molar-refractivity contribution in [3.05, 3.63) is 23.8 Å². The lowest BCUT2D eigenvalue weighted by atomic mass is 10.2. The zero-order valence-electron chi connectivity index (χ0n) is 12.1. The largest absolute Gasteiger partial charge is 0.511 e. The van der Waals surface area contributed by atoms with Gasteiger partial charge in [0.1, 0.15) is 6.54 Å². The molecule has 1 aliphatic rings. The van der Waals surface area contributed by atoms with E-state index in [4.69, 9.17) is 24.6 Å². The summed E-state index contributed by atoms with van der Waals surface area (Å²) in [6.45, 7) is -0.377. The molecule has 0 fully saturated rings. The van der Waals surface area contributed by atoms with Gasteiger partial charge < -0.3 is 25.0 Å². The van der Waals surface area contributed by atoms with E-state index in [1.165, 1.54) is 14.2 Å². The SMILES string of the molecule is COc1cccc2c1OP(=O)(/N=C(/N)N(C)CC(=O)O)OC2. The molecule has 10 heteroatoms. The van der Waals surface area contributed by atoms with Crippen molar-refractivity contribution in [1.82, 2.24) is 4.90 Å². The maximum absolute atomic E-state index is 12.5. The first-order chi connectivity index (χ1) is 10.3. The first kappa shape index (κ1) is 16.1. The maximum Gasteiger partial charge on any atom is 0.511 e. The van der Waals surface area contributed by atoms with Gasteiger partial charge in [-0.25, -0.2) is 4.57 Å². The minimum Gasteiger partial charge on any atom is -0.493 e. The van der Waals surface area contributed by atoms with Crippen LogP contribution < -0.4 is 15.0 Å². The summed E-state index contributed by atoms with van der Waals surface area (Å²) in [5, 5.41) is 8.70. The number of ether oxygens (including phenoxy) is 1. The number of carboxylic acid groups (broad SMARTS) is 1. The molecule has 1 aliphatic heterocycles. The van der Waals surface area contributed by atoms with Crippen LogP contribution in [-0.4, -0.2) is 42.6 Å². The summed E-state index contributed by atoms with van der Waals surface area (Å²) in [5.41, 5.74) is 6.29. The Labute approximate surface area is 126 Å². The summed E-state index contributed by atoms with van der Waals surface area (Å²) < 4.78 is 31.9. The van der Waals surface area contributed by atoms with E-state index in [-0.39, 0.29) is 18.3 Å². The number of guanidine groups is 1. The summed E-state index contributed by atoms with van der Waals surface area (Å²) >= 11 is 0. The monoisotopic (exact) mass is 329 g/mol. The Morgan fingerprint density at radius 2 is 2.32 bits per heavy atom. The highest BCUT2D eigenvalue weighted by Crippen LogP contribution is 2.57. The summed E-state index contributed by atoms with van der Waals surface area (Å²) in [7, 11) is -1.03. The van der Waals surface area contributed by atoms with Gasteiger partial charge in [0, 0.05) is 12.6 Å². The highest BCUT2D eigenvalue weighted by atomic mass is 31.2. The number of nitrogens with zero attached hydrogens (tertiary/aromatic N) is 2. The molecule has 1 unspecified atom stereocenters. The van der Waals surface area contributed by atoms with Crippen LogP contribution in [0.25, 0.3) is 0 Å². The van der Waals surface area contributed by atoms with Crippen LogP contribution in [0.5, 0.6) is 11.5 Å². The molecule has 0 bridgehead atoms. The zero-order valence-corrected chi connectivity index (χ0v) is 12.9. The lowest BCUT2D eigenvalue weighted by Gasteiger charge is -2.25. The van der Waals surface area contributed by atoms with Gasteiger partial charge in [0.05, 0.1) is 13.7 Å². The molecule has 0 aliphatic carbocycles. The van der Waals surface area contributed by atoms with Crippen molar-refractivity contribution in [2.24, 2.45) is 10.5 Å². The van der Waals surface area contributed by atoms with Gasteiger partial charge in [-0.1, -0.05) is 12.1 Å². The molecule has 1 heterocycles. The number of carboxylic acids is 1. The standard InChI is InChI=1S/C12H16N3O6P/c1-15(6-10(16)17)12(13)14-22(18)20-7-8-4-3-5-9(19-2)11(8)21-22/h3-5H,6-7H2,1-2H3,(H,16,17)(H2,13,14,18). The molecule has 0 radical (unpaired) electrons. The minimum atomic E-state index is -3.89. The van der Waals surface area contributed by atoms with Crippen LogP contribution in [0.2, 0.25) is 0 Å². The van der Waals surface area contributed by atoms with Gasteiger partial charge in [-0.05, 0) is 6.07 Å². The van der Waals surface area contributed by atoms with E-state index in [2.05, 4.69) is 4.76 Å². The van der Waals surface area contributed by atoms with Gasteiger partial charge in [0.2, 0.25) is 5.96 Å². The Balaban J connectivity index is 2.26. The molecule has 2 rings (SSSR count). The Bertz CT molecular complexity index is 648. The summed E-state index contributed by atoms with van der Waals surface area (Å²) in [5.74, 6) is -0.689. The second-order valence-electron chi connectivity index (χ2n) is 4.49. The van der Waals surface area contributed by atoms with Crippen LogP contribution in [0.15, 0.2) is 23.0 Å². The Morgan fingerprint density at radius 1 is 1.59 bits per heavy atom. The van der Waals surface area contributed by atoms with E-state index in [0.717, 1.165) is 4.90 Å². The second kappa shape index (κ2) is 6.25. The maximum atomic E-state index is 12.5. The number of para-hydroxylation sites is 1. The normalized spacial score (nSPS) is 20.7. The minimum absolute atomic E-state index is 0.0171. The molecule has 0 spiro atoms. The molecule has 0 saturated heterocycles. The molecule has 22 heavy (non-hydrogen) atoms. The van der Waals surface area contributed by atoms with Crippen LogP contribution in [0.4, 0.5) is 0 Å². The molecule has 120 valence electrons. The Kier molecular flexibility index (Phi) is 4.58. The molecule has 3 N–H and O–H groups in total. The molecule has 1 aromatic rings. The van der Waals surface area contributed by atoms with Crippen molar-refractivity contribution >= 4 is 19.7 Å². The lowest BCUT2D eigenvalue weighted by molar-refractivity contribution is -0.137. The van der Waals surface area contributed by atoms with Crippen molar-refractivity contribution < 1.29 is 28.3 Å². The zero-order chi connectivity index (χ0) is 16.3. The van der Waals surface area contributed by atoms with Crippen LogP contribution in [0, 0.1) is 0 Å². The van der Waals surface area contributed by atoms with Gasteiger partial charge in [0.25, 0.3) is 0 Å². The molecule has 9 nitrogen and oxygen atoms in total. The average Bonchev–Trinajstić information content (AvgIpc) is 2.45. The number of aliphatic carboxylic acids is 1. The Morgan fingerprint density at radius 3 is 2.95 bits per heavy atom. The fourth-order valence-corrected chi connectivity index (χ4v) is 3.06. The number of carbonyl (C=O) groups is 1. The Hall–Kier alpha value is -2.25. The molecule has 1 aromatic carbocycles. The van der Waals surface area contributed by atoms with E-state index in [1.807, 2.05) is 0 Å². The highest BCUT2D eigenvalue weighted by molar-refractivity contribution is 7.53. The third-order valence-electron chi connectivity index (χ3n) is 2.86. The second-order valence-corrected chi connectivity index (χ2v) is 6.07. The van der Waals surface area contributed by atoms with Crippen LogP contribution in [0.3, 0.4) is 0 Å². The third-order valence-corrected chi connectivity index (χ3v) is 4.18. The predicted octanol–water partition coefficient (Wildman–Crippen LogP) is 1.04. The van der Waals surface area contributed by atoms with Gasteiger partial charge in [-0.15, -0.1) is 4.76 Å².